The van der Waals surface area contributed by atoms with E-state index in [2.05, 4.69) is 20.5 Å². The predicted octanol–water partition coefficient (Wildman–Crippen LogP) is 4.06. The first-order valence-electron chi connectivity index (χ1n) is 8.61. The van der Waals surface area contributed by atoms with Crippen LogP contribution in [0.25, 0.3) is 22.4 Å². The van der Waals surface area contributed by atoms with Crippen LogP contribution in [0.3, 0.4) is 0 Å². The third-order valence-electron chi connectivity index (χ3n) is 4.25. The number of hydrazone groups is 1. The predicted molar refractivity (Wildman–Crippen MR) is 111 cm³/mol. The van der Waals surface area contributed by atoms with E-state index < -0.39 is 5.91 Å². The molecule has 7 nitrogen and oxygen atoms in total. The number of imidazole rings is 1. The molecule has 4 rings (SSSR count). The van der Waals surface area contributed by atoms with Crippen LogP contribution in [-0.2, 0) is 0 Å². The summed E-state index contributed by atoms with van der Waals surface area (Å²) in [5.74, 6) is -0.275. The van der Waals surface area contributed by atoms with Crippen LogP contribution in [0.2, 0.25) is 5.02 Å². The summed E-state index contributed by atoms with van der Waals surface area (Å²) in [6.07, 6.45) is 1.36. The normalized spacial score (nSPS) is 11.2. The lowest BCUT2D eigenvalue weighted by Crippen LogP contribution is -2.17. The number of hydrogen-bond donors (Lipinski definition) is 4. The summed E-state index contributed by atoms with van der Waals surface area (Å²) in [4.78, 5) is 20.1. The Bertz CT molecular complexity index is 1250. The molecule has 0 aliphatic rings. The zero-order valence-corrected chi connectivity index (χ0v) is 15.7. The quantitative estimate of drug-likeness (QED) is 0.232. The first kappa shape index (κ1) is 18.5. The van der Waals surface area contributed by atoms with Crippen molar-refractivity contribution in [2.24, 2.45) is 5.10 Å². The molecule has 0 saturated heterocycles. The minimum Gasteiger partial charge on any atom is -0.504 e. The second-order valence-corrected chi connectivity index (χ2v) is 6.65. The second-order valence-electron chi connectivity index (χ2n) is 6.24. The van der Waals surface area contributed by atoms with Crippen LogP contribution in [0.4, 0.5) is 0 Å². The van der Waals surface area contributed by atoms with Gasteiger partial charge in [0.2, 0.25) is 0 Å². The van der Waals surface area contributed by atoms with E-state index in [1.165, 1.54) is 18.3 Å². The molecule has 4 N–H and O–H groups in total. The lowest BCUT2D eigenvalue weighted by molar-refractivity contribution is 0.0955. The molecule has 1 heterocycles. The fourth-order valence-corrected chi connectivity index (χ4v) is 3.01. The van der Waals surface area contributed by atoms with Crippen molar-refractivity contribution in [3.05, 3.63) is 76.8 Å². The number of nitrogens with one attached hydrogen (secondary N) is 2. The summed E-state index contributed by atoms with van der Waals surface area (Å²) in [7, 11) is 0. The highest BCUT2D eigenvalue weighted by atomic mass is 35.5. The molecule has 1 amide bonds. The van der Waals surface area contributed by atoms with E-state index in [0.717, 1.165) is 5.56 Å². The van der Waals surface area contributed by atoms with Gasteiger partial charge in [0.1, 0.15) is 5.82 Å². The van der Waals surface area contributed by atoms with Gasteiger partial charge in [-0.25, -0.2) is 10.4 Å². The number of H-pyrrole nitrogens is 1. The lowest BCUT2D eigenvalue weighted by atomic mass is 10.2. The largest absolute Gasteiger partial charge is 0.504 e. The Balaban J connectivity index is 1.53. The number of rotatable bonds is 4. The van der Waals surface area contributed by atoms with Crippen LogP contribution in [0.1, 0.15) is 15.9 Å². The monoisotopic (exact) mass is 406 g/mol. The van der Waals surface area contributed by atoms with Crippen LogP contribution in [0, 0.1) is 0 Å². The first-order valence-corrected chi connectivity index (χ1v) is 8.99. The highest BCUT2D eigenvalue weighted by Gasteiger charge is 2.11. The van der Waals surface area contributed by atoms with Gasteiger partial charge in [-0.2, -0.15) is 5.10 Å². The second kappa shape index (κ2) is 7.65. The minimum atomic E-state index is -0.403. The summed E-state index contributed by atoms with van der Waals surface area (Å²) < 4.78 is 0. The van der Waals surface area contributed by atoms with Crippen LogP contribution < -0.4 is 5.43 Å². The molecule has 0 aliphatic heterocycles. The molecule has 0 unspecified atom stereocenters. The van der Waals surface area contributed by atoms with Gasteiger partial charge in [-0.3, -0.25) is 4.79 Å². The number of aromatic nitrogens is 2. The number of halogens is 1. The van der Waals surface area contributed by atoms with Crippen molar-refractivity contribution in [1.82, 2.24) is 15.4 Å². The summed E-state index contributed by atoms with van der Waals surface area (Å²) in [6.45, 7) is 0. The molecule has 3 aromatic carbocycles. The van der Waals surface area contributed by atoms with E-state index in [4.69, 9.17) is 11.6 Å². The first-order chi connectivity index (χ1) is 14.0. The number of aromatic hydroxyl groups is 2. The molecule has 29 heavy (non-hydrogen) atoms. The summed E-state index contributed by atoms with van der Waals surface area (Å²) in [5.41, 5.74) is 5.53. The summed E-state index contributed by atoms with van der Waals surface area (Å²) in [5, 5.41) is 23.2. The Kier molecular flexibility index (Phi) is 4.88. The van der Waals surface area contributed by atoms with E-state index >= 15 is 0 Å². The van der Waals surface area contributed by atoms with E-state index in [1.54, 1.807) is 30.3 Å². The van der Waals surface area contributed by atoms with Gasteiger partial charge in [-0.05, 0) is 54.1 Å². The fraction of sp³-hybridized carbons (Fsp3) is 0. The van der Waals surface area contributed by atoms with E-state index in [9.17, 15) is 15.0 Å². The molecule has 144 valence electrons. The zero-order chi connectivity index (χ0) is 20.4. The number of hydrogen-bond acceptors (Lipinski definition) is 5. The van der Waals surface area contributed by atoms with Crippen molar-refractivity contribution in [2.45, 2.75) is 0 Å². The number of phenolic OH excluding ortho intramolecular Hbond substituents is 2. The highest BCUT2D eigenvalue weighted by Crippen LogP contribution is 2.27. The Morgan fingerprint density at radius 3 is 2.69 bits per heavy atom. The Labute approximate surface area is 170 Å². The maximum Gasteiger partial charge on any atom is 0.271 e. The van der Waals surface area contributed by atoms with Gasteiger partial charge >= 0.3 is 0 Å². The smallest absolute Gasteiger partial charge is 0.271 e. The van der Waals surface area contributed by atoms with Gasteiger partial charge < -0.3 is 15.2 Å². The van der Waals surface area contributed by atoms with Gasteiger partial charge in [-0.1, -0.05) is 23.7 Å². The molecule has 0 atom stereocenters. The molecule has 0 aliphatic carbocycles. The van der Waals surface area contributed by atoms with Crippen LogP contribution >= 0.6 is 11.6 Å². The number of fused-ring (bicyclic) bond motifs is 1. The van der Waals surface area contributed by atoms with Crippen molar-refractivity contribution >= 4 is 34.8 Å². The van der Waals surface area contributed by atoms with Gasteiger partial charge in [0.25, 0.3) is 5.91 Å². The van der Waals surface area contributed by atoms with Gasteiger partial charge in [-0.15, -0.1) is 0 Å². The molecule has 0 saturated carbocycles. The van der Waals surface area contributed by atoms with Crippen LogP contribution in [0.15, 0.2) is 65.8 Å². The average Bonchev–Trinajstić information content (AvgIpc) is 3.14. The number of aromatic amines is 1. The standard InChI is InChI=1S/C21H15ClN4O3/c22-15-4-2-1-3-14(15)20-24-16-7-6-13(10-17(16)25-20)21(29)26-23-11-12-5-8-18(27)19(28)9-12/h1-11,27-28H,(H,24,25)(H,26,29)/b23-11+. The SMILES string of the molecule is O=C(N/N=C/c1ccc(O)c(O)c1)c1ccc2nc(-c3ccccc3Cl)[nH]c2c1. The molecule has 8 heteroatoms. The van der Waals surface area contributed by atoms with Crippen molar-refractivity contribution in [1.29, 1.82) is 0 Å². The maximum atomic E-state index is 12.4. The topological polar surface area (TPSA) is 111 Å². The molecule has 4 aromatic rings. The summed E-state index contributed by atoms with van der Waals surface area (Å²) >= 11 is 6.22. The van der Waals surface area contributed by atoms with Crippen molar-refractivity contribution in [3.63, 3.8) is 0 Å². The Morgan fingerprint density at radius 2 is 1.90 bits per heavy atom. The number of amides is 1. The van der Waals surface area contributed by atoms with Crippen LogP contribution in [-0.4, -0.2) is 32.3 Å². The van der Waals surface area contributed by atoms with E-state index in [-0.39, 0.29) is 11.5 Å². The molecule has 0 bridgehead atoms. The molecule has 0 spiro atoms. The molecular formula is C21H15ClN4O3. The van der Waals surface area contributed by atoms with Crippen molar-refractivity contribution < 1.29 is 15.0 Å². The van der Waals surface area contributed by atoms with Gasteiger partial charge in [0.05, 0.1) is 22.3 Å². The van der Waals surface area contributed by atoms with Gasteiger partial charge in [0.15, 0.2) is 11.5 Å². The fourth-order valence-electron chi connectivity index (χ4n) is 2.78. The number of phenols is 2. The third-order valence-corrected chi connectivity index (χ3v) is 4.58. The number of carbonyl (C=O) groups is 1. The molecule has 0 radical (unpaired) electrons. The average molecular weight is 407 g/mol. The molecular weight excluding hydrogens is 392 g/mol. The number of nitrogens with zero attached hydrogens (tertiary/aromatic N) is 2. The lowest BCUT2D eigenvalue weighted by Gasteiger charge is -2.01. The zero-order valence-electron chi connectivity index (χ0n) is 14.9. The molecule has 0 fully saturated rings. The Morgan fingerprint density at radius 1 is 1.07 bits per heavy atom. The van der Waals surface area contributed by atoms with Crippen LogP contribution in [0.5, 0.6) is 11.5 Å². The minimum absolute atomic E-state index is 0.227. The van der Waals surface area contributed by atoms with Crippen molar-refractivity contribution in [3.8, 4) is 22.9 Å². The highest BCUT2D eigenvalue weighted by molar-refractivity contribution is 6.33. The Hall–Kier alpha value is -3.84. The van der Waals surface area contributed by atoms with E-state index in [1.807, 2.05) is 18.2 Å². The van der Waals surface area contributed by atoms with E-state index in [0.29, 0.717) is 33.0 Å². The molecule has 1 aromatic heterocycles. The van der Waals surface area contributed by atoms with Gasteiger partial charge in [0, 0.05) is 11.1 Å². The van der Waals surface area contributed by atoms with Crippen molar-refractivity contribution in [2.75, 3.05) is 0 Å². The number of carbonyl (C=O) groups excluding carboxylic acids is 1. The maximum absolute atomic E-state index is 12.4. The third kappa shape index (κ3) is 3.90. The summed E-state index contributed by atoms with van der Waals surface area (Å²) in [6, 6.07) is 16.7. The number of benzene rings is 3.